The monoisotopic (exact) mass is 240 g/mol. The number of methoxy groups -OCH3 is 1. The third-order valence-electron chi connectivity index (χ3n) is 3.07. The van der Waals surface area contributed by atoms with Crippen LogP contribution in [0.25, 0.3) is 11.1 Å². The van der Waals surface area contributed by atoms with Gasteiger partial charge in [0.25, 0.3) is 0 Å². The Hall–Kier alpha value is -2.29. The smallest absolute Gasteiger partial charge is 0.200 e. The molecule has 0 unspecified atom stereocenters. The van der Waals surface area contributed by atoms with Gasteiger partial charge in [-0.15, -0.1) is 0 Å². The SMILES string of the molecule is COc1ccc2c(c1)OCC(=O)c1ccccc1-2. The number of ether oxygens (including phenoxy) is 2. The van der Waals surface area contributed by atoms with Gasteiger partial charge < -0.3 is 9.47 Å². The molecule has 1 aliphatic heterocycles. The fourth-order valence-electron chi connectivity index (χ4n) is 2.15. The molecule has 0 aliphatic carbocycles. The van der Waals surface area contributed by atoms with Crippen LogP contribution < -0.4 is 9.47 Å². The molecule has 1 aliphatic rings. The van der Waals surface area contributed by atoms with Crippen molar-refractivity contribution in [2.24, 2.45) is 0 Å². The average Bonchev–Trinajstić information content (AvgIpc) is 2.57. The van der Waals surface area contributed by atoms with Gasteiger partial charge in [-0.05, 0) is 17.7 Å². The molecule has 0 fully saturated rings. The third-order valence-corrected chi connectivity index (χ3v) is 3.07. The zero-order valence-corrected chi connectivity index (χ0v) is 9.97. The molecule has 0 N–H and O–H groups in total. The fraction of sp³-hybridized carbons (Fsp3) is 0.133. The Balaban J connectivity index is 2.24. The van der Waals surface area contributed by atoms with Gasteiger partial charge in [-0.3, -0.25) is 4.79 Å². The van der Waals surface area contributed by atoms with Gasteiger partial charge in [-0.2, -0.15) is 0 Å². The molecule has 90 valence electrons. The minimum atomic E-state index is 0.000710. The normalized spacial score (nSPS) is 13.1. The molecule has 2 aromatic rings. The molecule has 0 saturated carbocycles. The maximum Gasteiger partial charge on any atom is 0.200 e. The van der Waals surface area contributed by atoms with Crippen molar-refractivity contribution in [2.75, 3.05) is 13.7 Å². The summed E-state index contributed by atoms with van der Waals surface area (Å²) in [7, 11) is 1.61. The quantitative estimate of drug-likeness (QED) is 0.768. The summed E-state index contributed by atoms with van der Waals surface area (Å²) in [4.78, 5) is 12.0. The molecular weight excluding hydrogens is 228 g/mol. The summed E-state index contributed by atoms with van der Waals surface area (Å²) >= 11 is 0. The van der Waals surface area contributed by atoms with E-state index in [0.717, 1.165) is 16.9 Å². The molecule has 3 rings (SSSR count). The molecule has 0 atom stereocenters. The minimum absolute atomic E-state index is 0.000710. The number of hydrogen-bond acceptors (Lipinski definition) is 3. The van der Waals surface area contributed by atoms with Crippen molar-refractivity contribution in [1.82, 2.24) is 0 Å². The van der Waals surface area contributed by atoms with E-state index in [2.05, 4.69) is 0 Å². The van der Waals surface area contributed by atoms with Gasteiger partial charge >= 0.3 is 0 Å². The molecule has 1 heterocycles. The van der Waals surface area contributed by atoms with E-state index >= 15 is 0 Å². The predicted molar refractivity (Wildman–Crippen MR) is 68.3 cm³/mol. The maximum absolute atomic E-state index is 12.0. The summed E-state index contributed by atoms with van der Waals surface area (Å²) in [6.07, 6.45) is 0. The van der Waals surface area contributed by atoms with E-state index < -0.39 is 0 Å². The van der Waals surface area contributed by atoms with Crippen molar-refractivity contribution >= 4 is 5.78 Å². The summed E-state index contributed by atoms with van der Waals surface area (Å²) in [5, 5.41) is 0. The third kappa shape index (κ3) is 1.64. The van der Waals surface area contributed by atoms with Crippen molar-refractivity contribution in [3.8, 4) is 22.6 Å². The van der Waals surface area contributed by atoms with Gasteiger partial charge in [-0.1, -0.05) is 24.3 Å². The van der Waals surface area contributed by atoms with E-state index in [1.807, 2.05) is 42.5 Å². The van der Waals surface area contributed by atoms with Gasteiger partial charge in [0.15, 0.2) is 6.61 Å². The topological polar surface area (TPSA) is 35.5 Å². The van der Waals surface area contributed by atoms with E-state index in [-0.39, 0.29) is 12.4 Å². The second-order valence-electron chi connectivity index (χ2n) is 4.12. The highest BCUT2D eigenvalue weighted by Crippen LogP contribution is 2.37. The van der Waals surface area contributed by atoms with E-state index in [4.69, 9.17) is 9.47 Å². The van der Waals surface area contributed by atoms with Crippen molar-refractivity contribution in [2.45, 2.75) is 0 Å². The van der Waals surface area contributed by atoms with Crippen LogP contribution in [-0.2, 0) is 0 Å². The largest absolute Gasteiger partial charge is 0.497 e. The lowest BCUT2D eigenvalue weighted by atomic mass is 9.97. The Morgan fingerprint density at radius 1 is 1.06 bits per heavy atom. The minimum Gasteiger partial charge on any atom is -0.497 e. The lowest BCUT2D eigenvalue weighted by Crippen LogP contribution is -2.09. The molecule has 3 nitrogen and oxygen atoms in total. The van der Waals surface area contributed by atoms with Crippen LogP contribution in [-0.4, -0.2) is 19.5 Å². The molecule has 0 radical (unpaired) electrons. The van der Waals surface area contributed by atoms with Crippen molar-refractivity contribution in [3.63, 3.8) is 0 Å². The van der Waals surface area contributed by atoms with Gasteiger partial charge in [0.05, 0.1) is 7.11 Å². The predicted octanol–water partition coefficient (Wildman–Crippen LogP) is 2.94. The molecule has 0 aromatic heterocycles. The van der Waals surface area contributed by atoms with Crippen LogP contribution in [0.4, 0.5) is 0 Å². The zero-order chi connectivity index (χ0) is 12.5. The first kappa shape index (κ1) is 10.8. The van der Waals surface area contributed by atoms with Crippen LogP contribution in [0.15, 0.2) is 42.5 Å². The first-order valence-electron chi connectivity index (χ1n) is 5.73. The molecular formula is C15H12O3. The Morgan fingerprint density at radius 2 is 1.83 bits per heavy atom. The molecule has 0 amide bonds. The van der Waals surface area contributed by atoms with Crippen LogP contribution in [0, 0.1) is 0 Å². The molecule has 3 heteroatoms. The summed E-state index contributed by atoms with van der Waals surface area (Å²) in [5.74, 6) is 1.41. The van der Waals surface area contributed by atoms with Crippen LogP contribution >= 0.6 is 0 Å². The van der Waals surface area contributed by atoms with E-state index in [9.17, 15) is 4.79 Å². The number of rotatable bonds is 1. The highest BCUT2D eigenvalue weighted by atomic mass is 16.5. The highest BCUT2D eigenvalue weighted by Gasteiger charge is 2.20. The summed E-state index contributed by atoms with van der Waals surface area (Å²) in [6.45, 7) is 0.0666. The second kappa shape index (κ2) is 4.18. The van der Waals surface area contributed by atoms with Gasteiger partial charge in [0.2, 0.25) is 5.78 Å². The molecule has 0 bridgehead atoms. The first-order chi connectivity index (χ1) is 8.79. The summed E-state index contributed by atoms with van der Waals surface area (Å²) in [5.41, 5.74) is 2.55. The number of ketones is 1. The Kier molecular flexibility index (Phi) is 2.52. The number of fused-ring (bicyclic) bond motifs is 3. The van der Waals surface area contributed by atoms with Crippen molar-refractivity contribution < 1.29 is 14.3 Å². The number of carbonyl (C=O) groups is 1. The zero-order valence-electron chi connectivity index (χ0n) is 9.97. The van der Waals surface area contributed by atoms with Gasteiger partial charge in [-0.25, -0.2) is 0 Å². The molecule has 0 saturated heterocycles. The van der Waals surface area contributed by atoms with Gasteiger partial charge in [0, 0.05) is 17.2 Å². The lowest BCUT2D eigenvalue weighted by Gasteiger charge is -2.09. The lowest BCUT2D eigenvalue weighted by molar-refractivity contribution is 0.0925. The number of hydrogen-bond donors (Lipinski definition) is 0. The van der Waals surface area contributed by atoms with Gasteiger partial charge in [0.1, 0.15) is 11.5 Å². The van der Waals surface area contributed by atoms with E-state index in [0.29, 0.717) is 11.3 Å². The summed E-state index contributed by atoms with van der Waals surface area (Å²) in [6, 6.07) is 13.2. The average molecular weight is 240 g/mol. The maximum atomic E-state index is 12.0. The Labute approximate surface area is 105 Å². The van der Waals surface area contributed by atoms with Crippen LogP contribution in [0.2, 0.25) is 0 Å². The Bertz CT molecular complexity index is 617. The standard InChI is InChI=1S/C15H12O3/c1-17-10-6-7-13-11-4-2-3-5-12(11)14(16)9-18-15(13)8-10/h2-8H,9H2,1H3. The second-order valence-corrected chi connectivity index (χ2v) is 4.12. The fourth-order valence-corrected chi connectivity index (χ4v) is 2.15. The number of Topliss-reactive ketones (excluding diaryl/α,β-unsaturated/α-hetero) is 1. The van der Waals surface area contributed by atoms with Crippen molar-refractivity contribution in [1.29, 1.82) is 0 Å². The van der Waals surface area contributed by atoms with Crippen LogP contribution in [0.3, 0.4) is 0 Å². The van der Waals surface area contributed by atoms with E-state index in [1.54, 1.807) is 7.11 Å². The van der Waals surface area contributed by atoms with Crippen LogP contribution in [0.5, 0.6) is 11.5 Å². The molecule has 18 heavy (non-hydrogen) atoms. The number of carbonyl (C=O) groups excluding carboxylic acids is 1. The first-order valence-corrected chi connectivity index (χ1v) is 5.73. The molecule has 2 aromatic carbocycles. The van der Waals surface area contributed by atoms with E-state index in [1.165, 1.54) is 0 Å². The Morgan fingerprint density at radius 3 is 2.61 bits per heavy atom. The highest BCUT2D eigenvalue weighted by molar-refractivity contribution is 6.04. The summed E-state index contributed by atoms with van der Waals surface area (Å²) < 4.78 is 10.7. The van der Waals surface area contributed by atoms with Crippen molar-refractivity contribution in [3.05, 3.63) is 48.0 Å². The number of benzene rings is 2. The molecule has 0 spiro atoms. The van der Waals surface area contributed by atoms with Crippen LogP contribution in [0.1, 0.15) is 10.4 Å².